The summed E-state index contributed by atoms with van der Waals surface area (Å²) in [6.45, 7) is 44.8. The first-order valence-corrected chi connectivity index (χ1v) is 56.4. The van der Waals surface area contributed by atoms with E-state index in [1.165, 1.54) is 68.3 Å². The molecule has 0 saturated carbocycles. The fourth-order valence-electron chi connectivity index (χ4n) is 17.7. The largest absolute Gasteiger partial charge is 0.455 e. The molecule has 0 fully saturated rings. The monoisotopic (exact) mass is 1700 g/mol. The maximum atomic E-state index is 13.9. The second-order valence-corrected chi connectivity index (χ2v) is 58.3. The highest BCUT2D eigenvalue weighted by molar-refractivity contribution is 6.90. The number of hydrogen-bond donors (Lipinski definition) is 0. The summed E-state index contributed by atoms with van der Waals surface area (Å²) in [5.74, 6) is -0.932. The lowest BCUT2D eigenvalue weighted by atomic mass is 9.96. The van der Waals surface area contributed by atoms with Gasteiger partial charge in [-0.05, 0) is 215 Å². The topological polar surface area (TPSA) is 68.1 Å². The molecule has 8 heterocycles. The van der Waals surface area contributed by atoms with E-state index in [0.717, 1.165) is 193 Å². The van der Waals surface area contributed by atoms with Crippen molar-refractivity contribution in [1.29, 1.82) is 0 Å². The van der Waals surface area contributed by atoms with Crippen molar-refractivity contribution >= 4 is 184 Å². The Kier molecular flexibility index (Phi) is 19.7. The number of para-hydroxylation sites is 1. The second-order valence-electron chi connectivity index (χ2n) is 38.0. The van der Waals surface area contributed by atoms with Gasteiger partial charge in [0.05, 0.1) is 60.0 Å². The van der Waals surface area contributed by atoms with E-state index in [0.29, 0.717) is 40.9 Å². The maximum absolute atomic E-state index is 13.9. The minimum absolute atomic E-state index is 0.311. The molecule has 0 aliphatic carbocycles. The Morgan fingerprint density at radius 2 is 0.480 bits per heavy atom. The second kappa shape index (κ2) is 30.9. The van der Waals surface area contributed by atoms with Crippen molar-refractivity contribution in [1.82, 2.24) is 0 Å². The zero-order chi connectivity index (χ0) is 90.9. The highest BCUT2D eigenvalue weighted by atomic mass is 28.3. The predicted molar refractivity (Wildman–Crippen MR) is 521 cm³/mol. The first kappa shape index (κ1) is 78.4. The first-order valence-electron chi connectivity index (χ1n) is 44.4. The standard InChI is InChI=1S/3C27H27FNOSi.C27H28NOSi/c3*1-16-13-22-21-10-8-19(28)15-25(21)30-27(22)26(17(16)2)24-11-7-18-14-20(31(4,5)6)9-12-23(18)29(24)3;1-17-15-22-21-9-7-8-10-25(21)29-27(22)26(18(17)2)24-13-11-19-16-20(30(4,5)6)12-14-23(19)28(24)3/h3*7-15H,1-6H3;7-16H,1-6H3/q4*+1/i3*7D;11D. The van der Waals surface area contributed by atoms with Gasteiger partial charge < -0.3 is 17.7 Å². The molecular formula is C108H109F3N4O4Si4+4. The van der Waals surface area contributed by atoms with E-state index in [9.17, 15) is 13.2 Å². The van der Waals surface area contributed by atoms with Crippen molar-refractivity contribution in [3.63, 3.8) is 0 Å². The normalized spacial score (nSPS) is 12.8. The number of rotatable bonds is 8. The van der Waals surface area contributed by atoms with Crippen LogP contribution in [0.5, 0.6) is 0 Å². The quantitative estimate of drug-likeness (QED) is 0.112. The van der Waals surface area contributed by atoms with E-state index in [4.69, 9.17) is 23.2 Å². The summed E-state index contributed by atoms with van der Waals surface area (Å²) >= 11 is 0. The van der Waals surface area contributed by atoms with Gasteiger partial charge in [-0.2, -0.15) is 18.3 Å². The Hall–Kier alpha value is -11.9. The van der Waals surface area contributed by atoms with Crippen LogP contribution in [-0.2, 0) is 28.2 Å². The van der Waals surface area contributed by atoms with Crippen LogP contribution in [0.2, 0.25) is 78.6 Å². The van der Waals surface area contributed by atoms with Crippen molar-refractivity contribution in [2.75, 3.05) is 0 Å². The Morgan fingerprint density at radius 3 is 0.724 bits per heavy atom. The third kappa shape index (κ3) is 14.9. The lowest BCUT2D eigenvalue weighted by molar-refractivity contribution is -0.633. The van der Waals surface area contributed by atoms with Gasteiger partial charge in [0.25, 0.3) is 0 Å². The van der Waals surface area contributed by atoms with E-state index < -0.39 is 32.3 Å². The highest BCUT2D eigenvalue weighted by Gasteiger charge is 2.32. The first-order chi connectivity index (χ1) is 59.8. The third-order valence-electron chi connectivity index (χ3n) is 25.7. The summed E-state index contributed by atoms with van der Waals surface area (Å²) in [7, 11) is 2.33. The zero-order valence-electron chi connectivity index (χ0n) is 79.1. The van der Waals surface area contributed by atoms with Crippen LogP contribution in [0.1, 0.15) is 50.0 Å². The summed E-state index contributed by atoms with van der Waals surface area (Å²) in [5, 5.41) is 17.2. The molecule has 0 N–H and O–H groups in total. The van der Waals surface area contributed by atoms with Gasteiger partial charge in [-0.15, -0.1) is 0 Å². The Bertz CT molecular complexity index is 7520. The van der Waals surface area contributed by atoms with Gasteiger partial charge in [0, 0.05) is 131 Å². The molecule has 8 aromatic heterocycles. The van der Waals surface area contributed by atoms with Crippen molar-refractivity contribution in [3.8, 4) is 45.0 Å². The van der Waals surface area contributed by atoms with E-state index in [1.54, 1.807) is 18.2 Å². The molecule has 0 aliphatic heterocycles. The number of hydrogen-bond acceptors (Lipinski definition) is 4. The van der Waals surface area contributed by atoms with E-state index >= 15 is 0 Å². The van der Waals surface area contributed by atoms with Crippen LogP contribution in [0.4, 0.5) is 13.2 Å². The smallest absolute Gasteiger partial charge is 0.216 e. The minimum Gasteiger partial charge on any atom is -0.455 e. The molecule has 0 aliphatic rings. The van der Waals surface area contributed by atoms with Gasteiger partial charge in [0.15, 0.2) is 0 Å². The molecule has 0 spiro atoms. The number of furan rings is 4. The van der Waals surface area contributed by atoms with E-state index in [-0.39, 0.29) is 17.5 Å². The summed E-state index contributed by atoms with van der Waals surface area (Å²) in [5.41, 5.74) is 26.7. The van der Waals surface area contributed by atoms with Crippen molar-refractivity contribution in [2.24, 2.45) is 28.2 Å². The van der Waals surface area contributed by atoms with Crippen molar-refractivity contribution in [3.05, 3.63) is 286 Å². The van der Waals surface area contributed by atoms with Crippen molar-refractivity contribution in [2.45, 2.75) is 134 Å². The lowest BCUT2D eigenvalue weighted by Crippen LogP contribution is -2.38. The summed E-state index contributed by atoms with van der Waals surface area (Å²) < 4.78 is 111. The molecule has 0 saturated heterocycles. The molecule has 15 heteroatoms. The number of fused-ring (bicyclic) bond motifs is 16. The molecule has 618 valence electrons. The SMILES string of the molecule is [2H]c1cc(-c2c(C)c(C)cc3c2oc2cc(F)ccc23)[n+](C)c2ccc([Si](C)(C)C)cc12.[2H]c1cc(-c2c(C)c(C)cc3c2oc2cc(F)ccc23)[n+](C)c2ccc([Si](C)(C)C)cc12.[2H]c1cc(-c2c(C)c(C)cc3c2oc2cc(F)ccc23)[n+](C)c2ccc([Si](C)(C)C)cc12.[2H]c1cc(-c2c(C)c(C)cc3c2oc2ccccc23)[n+](C)c2ccc([Si](C)(C)C)cc12. The summed E-state index contributed by atoms with van der Waals surface area (Å²) in [4.78, 5) is 0. The number of pyridine rings is 4. The van der Waals surface area contributed by atoms with Crippen LogP contribution in [0.25, 0.3) is 176 Å². The van der Waals surface area contributed by atoms with Crippen LogP contribution in [0, 0.1) is 72.8 Å². The average Bonchev–Trinajstić information content (AvgIpc) is 1.67. The fourth-order valence-corrected chi connectivity index (χ4v) is 22.4. The van der Waals surface area contributed by atoms with E-state index in [2.05, 4.69) is 268 Å². The number of aryl methyl sites for hydroxylation is 8. The lowest BCUT2D eigenvalue weighted by Gasteiger charge is -2.17. The fraction of sp³-hybridized carbons (Fsp3) is 0.222. The Morgan fingerprint density at radius 1 is 0.252 bits per heavy atom. The third-order valence-corrected chi connectivity index (χ3v) is 33.9. The van der Waals surface area contributed by atoms with Gasteiger partial charge in [0.2, 0.25) is 44.8 Å². The van der Waals surface area contributed by atoms with Crippen LogP contribution in [0.3, 0.4) is 0 Å². The van der Waals surface area contributed by atoms with E-state index in [1.807, 2.05) is 57.5 Å². The van der Waals surface area contributed by atoms with Crippen LogP contribution in [-0.4, -0.2) is 32.3 Å². The molecule has 0 bridgehead atoms. The number of nitrogens with zero attached hydrogens (tertiary/aromatic N) is 4. The molecule has 0 amide bonds. The van der Waals surface area contributed by atoms with Gasteiger partial charge in [0.1, 0.15) is 90.3 Å². The van der Waals surface area contributed by atoms with Crippen LogP contribution < -0.4 is 39.0 Å². The van der Waals surface area contributed by atoms with Gasteiger partial charge in [-0.25, -0.2) is 13.2 Å². The molecule has 0 unspecified atom stereocenters. The highest BCUT2D eigenvalue weighted by Crippen LogP contribution is 2.45. The molecular weight excluding hydrogens is 1590 g/mol. The number of halogens is 3. The molecule has 20 rings (SSSR count). The zero-order valence-corrected chi connectivity index (χ0v) is 79.1. The van der Waals surface area contributed by atoms with Crippen LogP contribution >= 0.6 is 0 Å². The predicted octanol–water partition coefficient (Wildman–Crippen LogP) is 26.0. The van der Waals surface area contributed by atoms with Crippen LogP contribution in [0.15, 0.2) is 242 Å². The molecule has 12 aromatic carbocycles. The Labute approximate surface area is 727 Å². The van der Waals surface area contributed by atoms with Gasteiger partial charge >= 0.3 is 0 Å². The number of benzene rings is 12. The van der Waals surface area contributed by atoms with Gasteiger partial charge in [-0.3, -0.25) is 0 Å². The average molecular weight is 1700 g/mol. The molecule has 123 heavy (non-hydrogen) atoms. The maximum Gasteiger partial charge on any atom is 0.216 e. The van der Waals surface area contributed by atoms with Gasteiger partial charge in [-0.1, -0.05) is 142 Å². The molecule has 20 aromatic rings. The molecule has 0 radical (unpaired) electrons. The summed E-state index contributed by atoms with van der Waals surface area (Å²) in [6, 6.07) is 67.0. The minimum atomic E-state index is -1.48. The Balaban J connectivity index is 0.000000119. The van der Waals surface area contributed by atoms with Crippen molar-refractivity contribution < 1.29 is 54.6 Å². The number of aromatic nitrogens is 4. The molecule has 8 nitrogen and oxygen atoms in total. The summed E-state index contributed by atoms with van der Waals surface area (Å²) in [6.07, 6.45) is 0. The molecule has 0 atom stereocenters.